The minimum Gasteiger partial charge on any atom is -0.331 e. The first-order valence-corrected chi connectivity index (χ1v) is 11.8. The number of aromatic nitrogens is 5. The van der Waals surface area contributed by atoms with Crippen molar-refractivity contribution in [1.29, 1.82) is 0 Å². The van der Waals surface area contributed by atoms with Gasteiger partial charge in [-0.15, -0.1) is 21.5 Å². The average molecular weight is 455 g/mol. The molecule has 4 heterocycles. The third-order valence-electron chi connectivity index (χ3n) is 5.44. The summed E-state index contributed by atoms with van der Waals surface area (Å²) < 4.78 is 3.43. The molecule has 0 fully saturated rings. The molecule has 4 aromatic rings. The molecule has 1 aliphatic rings. The molecule has 11 heteroatoms. The van der Waals surface area contributed by atoms with Crippen molar-refractivity contribution in [3.8, 4) is 0 Å². The van der Waals surface area contributed by atoms with Crippen molar-refractivity contribution in [1.82, 2.24) is 29.6 Å². The molecule has 0 saturated carbocycles. The van der Waals surface area contributed by atoms with Gasteiger partial charge in [0, 0.05) is 45.2 Å². The highest BCUT2D eigenvalue weighted by Crippen LogP contribution is 2.28. The van der Waals surface area contributed by atoms with Crippen LogP contribution in [0.25, 0.3) is 10.2 Å². The molecule has 5 rings (SSSR count). The van der Waals surface area contributed by atoms with Crippen LogP contribution in [0.1, 0.15) is 31.3 Å². The number of hydrogen-bond donors (Lipinski definition) is 2. The van der Waals surface area contributed by atoms with Crippen molar-refractivity contribution < 1.29 is 4.79 Å². The van der Waals surface area contributed by atoms with E-state index in [4.69, 9.17) is 4.98 Å². The Balaban J connectivity index is 1.24. The molecule has 1 atom stereocenters. The molecule has 1 aliphatic heterocycles. The topological polar surface area (TPSA) is 101 Å². The van der Waals surface area contributed by atoms with Gasteiger partial charge in [-0.2, -0.15) is 0 Å². The lowest BCUT2D eigenvalue weighted by molar-refractivity contribution is -0.114. The lowest BCUT2D eigenvalue weighted by atomic mass is 10.1. The maximum Gasteiger partial charge on any atom is 0.223 e. The van der Waals surface area contributed by atoms with Gasteiger partial charge >= 0.3 is 0 Å². The monoisotopic (exact) mass is 454 g/mol. The fourth-order valence-electron chi connectivity index (χ4n) is 3.82. The Morgan fingerprint density at radius 2 is 2.06 bits per heavy atom. The van der Waals surface area contributed by atoms with Crippen LogP contribution < -0.4 is 10.6 Å². The number of thiazole rings is 1. The Morgan fingerprint density at radius 3 is 2.94 bits per heavy atom. The Labute approximate surface area is 187 Å². The van der Waals surface area contributed by atoms with Crippen molar-refractivity contribution in [2.45, 2.75) is 32.9 Å². The van der Waals surface area contributed by atoms with Gasteiger partial charge in [-0.1, -0.05) is 17.4 Å². The van der Waals surface area contributed by atoms with Gasteiger partial charge in [0.15, 0.2) is 5.82 Å². The molecule has 3 aromatic heterocycles. The molecule has 0 radical (unpaired) electrons. The highest BCUT2D eigenvalue weighted by atomic mass is 32.1. The normalized spacial score (nSPS) is 15.4. The van der Waals surface area contributed by atoms with E-state index in [9.17, 15) is 4.79 Å². The van der Waals surface area contributed by atoms with Crippen molar-refractivity contribution in [3.05, 3.63) is 41.3 Å². The van der Waals surface area contributed by atoms with Gasteiger partial charge in [0.05, 0.1) is 15.7 Å². The number of anilines is 3. The molecule has 1 amide bonds. The summed E-state index contributed by atoms with van der Waals surface area (Å²) in [6.45, 7) is 6.47. The summed E-state index contributed by atoms with van der Waals surface area (Å²) in [7, 11) is 0. The van der Waals surface area contributed by atoms with Gasteiger partial charge in [0.25, 0.3) is 0 Å². The number of rotatable bonds is 5. The zero-order chi connectivity index (χ0) is 21.4. The Kier molecular flexibility index (Phi) is 5.38. The van der Waals surface area contributed by atoms with Crippen LogP contribution in [-0.2, 0) is 17.8 Å². The van der Waals surface area contributed by atoms with E-state index in [-0.39, 0.29) is 5.91 Å². The first kappa shape index (κ1) is 20.0. The Hall–Kier alpha value is -2.89. The van der Waals surface area contributed by atoms with Gasteiger partial charge < -0.3 is 15.2 Å². The quantitative estimate of drug-likeness (QED) is 0.474. The van der Waals surface area contributed by atoms with Crippen molar-refractivity contribution >= 4 is 54.9 Å². The third-order valence-corrected chi connectivity index (χ3v) is 7.00. The maximum absolute atomic E-state index is 11.1. The molecule has 1 unspecified atom stereocenters. The van der Waals surface area contributed by atoms with Crippen LogP contribution in [0.4, 0.5) is 16.1 Å². The highest BCUT2D eigenvalue weighted by molar-refractivity contribution is 7.19. The predicted octanol–water partition coefficient (Wildman–Crippen LogP) is 3.67. The van der Waals surface area contributed by atoms with E-state index in [2.05, 4.69) is 60.4 Å². The van der Waals surface area contributed by atoms with Gasteiger partial charge in [-0.05, 0) is 24.6 Å². The zero-order valence-corrected chi connectivity index (χ0v) is 18.8. The van der Waals surface area contributed by atoms with Crippen molar-refractivity contribution in [3.63, 3.8) is 0 Å². The summed E-state index contributed by atoms with van der Waals surface area (Å²) in [4.78, 5) is 22.8. The summed E-state index contributed by atoms with van der Waals surface area (Å²) in [6.07, 6.45) is 2.89. The van der Waals surface area contributed by atoms with Crippen LogP contribution in [0.3, 0.4) is 0 Å². The van der Waals surface area contributed by atoms with Crippen molar-refractivity contribution in [2.24, 2.45) is 0 Å². The van der Waals surface area contributed by atoms with Crippen LogP contribution in [0.15, 0.2) is 29.9 Å². The standard InChI is InChI=1S/C20H22N8OS2/c1-12(14-3-4-16-15(9-14)21-11-30-16)27-6-5-18-23-17(10-28(18)8-7-27)24-20-26-25-19(31-20)22-13(2)29/h3-4,9-12H,5-8H2,1-2H3,(H,24,26)(H,22,25,29). The first-order valence-electron chi connectivity index (χ1n) is 10.1. The van der Waals surface area contributed by atoms with Gasteiger partial charge in [-0.25, -0.2) is 9.97 Å². The fourth-order valence-corrected chi connectivity index (χ4v) is 5.17. The van der Waals surface area contributed by atoms with E-state index in [1.54, 1.807) is 11.3 Å². The van der Waals surface area contributed by atoms with Crippen molar-refractivity contribution in [2.75, 3.05) is 23.7 Å². The number of fused-ring (bicyclic) bond motifs is 2. The van der Waals surface area contributed by atoms with E-state index in [1.165, 1.54) is 28.5 Å². The summed E-state index contributed by atoms with van der Waals surface area (Å²) in [5, 5.41) is 14.9. The molecule has 0 saturated heterocycles. The molecular formula is C20H22N8OS2. The largest absolute Gasteiger partial charge is 0.331 e. The first-order chi connectivity index (χ1) is 15.0. The summed E-state index contributed by atoms with van der Waals surface area (Å²) in [6, 6.07) is 6.92. The van der Waals surface area contributed by atoms with Gasteiger partial charge in [0.1, 0.15) is 5.82 Å². The summed E-state index contributed by atoms with van der Waals surface area (Å²) in [5.74, 6) is 1.64. The minimum absolute atomic E-state index is 0.165. The fraction of sp³-hybridized carbons (Fsp3) is 0.350. The zero-order valence-electron chi connectivity index (χ0n) is 17.2. The number of hydrogen-bond acceptors (Lipinski definition) is 9. The number of nitrogens with zero attached hydrogens (tertiary/aromatic N) is 6. The number of nitrogens with one attached hydrogen (secondary N) is 2. The number of carbonyl (C=O) groups is 1. The predicted molar refractivity (Wildman–Crippen MR) is 123 cm³/mol. The van der Waals surface area contributed by atoms with E-state index in [0.717, 1.165) is 43.2 Å². The van der Waals surface area contributed by atoms with Crippen LogP contribution in [-0.4, -0.2) is 48.6 Å². The second kappa shape index (κ2) is 8.33. The summed E-state index contributed by atoms with van der Waals surface area (Å²) in [5.41, 5.74) is 4.27. The lowest BCUT2D eigenvalue weighted by Gasteiger charge is -2.27. The molecule has 2 N–H and O–H groups in total. The Morgan fingerprint density at radius 1 is 1.19 bits per heavy atom. The molecule has 31 heavy (non-hydrogen) atoms. The smallest absolute Gasteiger partial charge is 0.223 e. The lowest BCUT2D eigenvalue weighted by Crippen LogP contribution is -2.30. The molecular weight excluding hydrogens is 432 g/mol. The van der Waals surface area contributed by atoms with Crippen LogP contribution in [0.2, 0.25) is 0 Å². The van der Waals surface area contributed by atoms with E-state index >= 15 is 0 Å². The molecule has 0 bridgehead atoms. The van der Waals surface area contributed by atoms with E-state index in [0.29, 0.717) is 16.3 Å². The molecule has 1 aromatic carbocycles. The van der Waals surface area contributed by atoms with E-state index < -0.39 is 0 Å². The molecule has 9 nitrogen and oxygen atoms in total. The van der Waals surface area contributed by atoms with Crippen LogP contribution >= 0.6 is 22.7 Å². The number of imidazole rings is 1. The Bertz CT molecular complexity index is 1200. The van der Waals surface area contributed by atoms with Gasteiger partial charge in [0.2, 0.25) is 16.2 Å². The molecule has 160 valence electrons. The SMILES string of the molecule is CC(=O)Nc1nnc(Nc2cn3c(n2)CCN(C(C)c2ccc4scnc4c2)CC3)s1. The molecule has 0 aliphatic carbocycles. The van der Waals surface area contributed by atoms with Crippen LogP contribution in [0, 0.1) is 0 Å². The van der Waals surface area contributed by atoms with Crippen LogP contribution in [0.5, 0.6) is 0 Å². The number of carbonyl (C=O) groups excluding carboxylic acids is 1. The van der Waals surface area contributed by atoms with Gasteiger partial charge in [-0.3, -0.25) is 9.69 Å². The maximum atomic E-state index is 11.1. The summed E-state index contributed by atoms with van der Waals surface area (Å²) >= 11 is 2.96. The second-order valence-electron chi connectivity index (χ2n) is 7.50. The third kappa shape index (κ3) is 4.29. The minimum atomic E-state index is -0.165. The second-order valence-corrected chi connectivity index (χ2v) is 9.36. The van der Waals surface area contributed by atoms with E-state index in [1.807, 2.05) is 11.7 Å². The molecule has 0 spiro atoms. The number of amides is 1. The number of benzene rings is 1. The highest BCUT2D eigenvalue weighted by Gasteiger charge is 2.22. The average Bonchev–Trinajstić information content (AvgIpc) is 3.45.